The van der Waals surface area contributed by atoms with E-state index in [1.165, 1.54) is 11.1 Å². The van der Waals surface area contributed by atoms with Crippen LogP contribution in [-0.4, -0.2) is 19.6 Å². The molecule has 0 unspecified atom stereocenters. The molecule has 2 N–H and O–H groups in total. The molecule has 0 saturated carbocycles. The maximum atomic E-state index is 6.12. The van der Waals surface area contributed by atoms with Crippen LogP contribution in [-0.2, 0) is 6.42 Å². The van der Waals surface area contributed by atoms with Gasteiger partial charge in [0, 0.05) is 24.2 Å². The fourth-order valence-corrected chi connectivity index (χ4v) is 2.96. The standard InChI is InChI=1S/C19H17N5/c1-2-13-7-3-4-8-15(13)14-11-22-19-17(16-9-5-6-10-21-16)18(20)23-24(19)12-14/h3-12H,2H2,1H3,(H2,20,23). The highest BCUT2D eigenvalue weighted by atomic mass is 15.3. The van der Waals surface area contributed by atoms with Crippen LogP contribution in [0.25, 0.3) is 28.0 Å². The van der Waals surface area contributed by atoms with Gasteiger partial charge >= 0.3 is 0 Å². The molecule has 5 heteroatoms. The van der Waals surface area contributed by atoms with E-state index < -0.39 is 0 Å². The molecule has 0 bridgehead atoms. The topological polar surface area (TPSA) is 69.1 Å². The Morgan fingerprint density at radius 3 is 2.67 bits per heavy atom. The second-order valence-electron chi connectivity index (χ2n) is 5.60. The molecule has 0 aliphatic heterocycles. The Morgan fingerprint density at radius 1 is 1.04 bits per heavy atom. The lowest BCUT2D eigenvalue weighted by Gasteiger charge is -2.07. The Balaban J connectivity index is 1.89. The van der Waals surface area contributed by atoms with Crippen LogP contribution in [0.15, 0.2) is 61.1 Å². The maximum Gasteiger partial charge on any atom is 0.166 e. The van der Waals surface area contributed by atoms with Gasteiger partial charge in [-0.1, -0.05) is 37.3 Å². The number of aryl methyl sites for hydroxylation is 1. The van der Waals surface area contributed by atoms with Crippen LogP contribution in [0.3, 0.4) is 0 Å². The summed E-state index contributed by atoms with van der Waals surface area (Å²) in [6.07, 6.45) is 6.55. The van der Waals surface area contributed by atoms with Gasteiger partial charge in [-0.15, -0.1) is 5.10 Å². The third-order valence-electron chi connectivity index (χ3n) is 4.13. The first kappa shape index (κ1) is 14.4. The molecule has 0 amide bonds. The molecule has 24 heavy (non-hydrogen) atoms. The Labute approximate surface area is 139 Å². The average molecular weight is 315 g/mol. The number of hydrogen-bond donors (Lipinski definition) is 1. The second kappa shape index (κ2) is 5.77. The predicted molar refractivity (Wildman–Crippen MR) is 95.4 cm³/mol. The molecule has 118 valence electrons. The number of anilines is 1. The molecule has 3 aromatic heterocycles. The van der Waals surface area contributed by atoms with Crippen LogP contribution < -0.4 is 5.73 Å². The summed E-state index contributed by atoms with van der Waals surface area (Å²) in [6.45, 7) is 2.15. The number of hydrogen-bond acceptors (Lipinski definition) is 4. The molecule has 0 atom stereocenters. The summed E-state index contributed by atoms with van der Waals surface area (Å²) >= 11 is 0. The van der Waals surface area contributed by atoms with Crippen molar-refractivity contribution < 1.29 is 0 Å². The highest BCUT2D eigenvalue weighted by Crippen LogP contribution is 2.29. The first-order chi connectivity index (χ1) is 11.8. The number of rotatable bonds is 3. The molecule has 5 nitrogen and oxygen atoms in total. The number of nitrogens with zero attached hydrogens (tertiary/aromatic N) is 4. The van der Waals surface area contributed by atoms with Crippen molar-refractivity contribution in [3.05, 3.63) is 66.6 Å². The third-order valence-corrected chi connectivity index (χ3v) is 4.13. The van der Waals surface area contributed by atoms with Crippen LogP contribution in [0.5, 0.6) is 0 Å². The first-order valence-corrected chi connectivity index (χ1v) is 7.91. The quantitative estimate of drug-likeness (QED) is 0.627. The fraction of sp³-hybridized carbons (Fsp3) is 0.105. The van der Waals surface area contributed by atoms with E-state index in [9.17, 15) is 0 Å². The Hall–Kier alpha value is -3.21. The van der Waals surface area contributed by atoms with E-state index in [2.05, 4.69) is 40.2 Å². The molecule has 4 aromatic rings. The zero-order chi connectivity index (χ0) is 16.5. The first-order valence-electron chi connectivity index (χ1n) is 7.91. The summed E-state index contributed by atoms with van der Waals surface area (Å²) in [5.74, 6) is 0.433. The SMILES string of the molecule is CCc1ccccc1-c1cnc2c(-c3ccccn3)c(N)nn2c1. The predicted octanol–water partition coefficient (Wildman–Crippen LogP) is 3.60. The minimum atomic E-state index is 0.433. The van der Waals surface area contributed by atoms with Gasteiger partial charge in [-0.25, -0.2) is 9.50 Å². The number of fused-ring (bicyclic) bond motifs is 1. The van der Waals surface area contributed by atoms with Gasteiger partial charge < -0.3 is 5.73 Å². The summed E-state index contributed by atoms with van der Waals surface area (Å²) in [4.78, 5) is 8.98. The van der Waals surface area contributed by atoms with Crippen LogP contribution in [0.4, 0.5) is 5.82 Å². The molecule has 0 saturated heterocycles. The minimum Gasteiger partial charge on any atom is -0.382 e. The molecular formula is C19H17N5. The monoisotopic (exact) mass is 315 g/mol. The third kappa shape index (κ3) is 2.31. The highest BCUT2D eigenvalue weighted by molar-refractivity contribution is 5.84. The Morgan fingerprint density at radius 2 is 1.88 bits per heavy atom. The Kier molecular flexibility index (Phi) is 3.46. The van der Waals surface area contributed by atoms with Crippen molar-refractivity contribution in [3.63, 3.8) is 0 Å². The lowest BCUT2D eigenvalue weighted by atomic mass is 10.0. The van der Waals surface area contributed by atoms with Crippen molar-refractivity contribution in [2.24, 2.45) is 0 Å². The average Bonchev–Trinajstić information content (AvgIpc) is 2.97. The number of aromatic nitrogens is 4. The van der Waals surface area contributed by atoms with E-state index in [1.807, 2.05) is 36.7 Å². The maximum absolute atomic E-state index is 6.12. The zero-order valence-electron chi connectivity index (χ0n) is 13.3. The van der Waals surface area contributed by atoms with Gasteiger partial charge in [-0.2, -0.15) is 0 Å². The van der Waals surface area contributed by atoms with Gasteiger partial charge in [0.15, 0.2) is 11.5 Å². The van der Waals surface area contributed by atoms with Gasteiger partial charge in [0.05, 0.1) is 11.3 Å². The molecule has 0 aliphatic carbocycles. The summed E-state index contributed by atoms with van der Waals surface area (Å²) in [5, 5.41) is 4.42. The number of benzene rings is 1. The zero-order valence-corrected chi connectivity index (χ0v) is 13.3. The van der Waals surface area contributed by atoms with Crippen molar-refractivity contribution in [1.29, 1.82) is 0 Å². The molecule has 1 aromatic carbocycles. The summed E-state index contributed by atoms with van der Waals surface area (Å²) in [7, 11) is 0. The largest absolute Gasteiger partial charge is 0.382 e. The summed E-state index contributed by atoms with van der Waals surface area (Å²) in [6, 6.07) is 14.0. The van der Waals surface area contributed by atoms with Crippen LogP contribution in [0.1, 0.15) is 12.5 Å². The molecular weight excluding hydrogens is 298 g/mol. The van der Waals surface area contributed by atoms with E-state index in [1.54, 1.807) is 10.7 Å². The number of pyridine rings is 1. The van der Waals surface area contributed by atoms with Gasteiger partial charge in [0.1, 0.15) is 0 Å². The molecule has 0 fully saturated rings. The molecule has 0 radical (unpaired) electrons. The van der Waals surface area contributed by atoms with E-state index in [0.29, 0.717) is 11.5 Å². The lowest BCUT2D eigenvalue weighted by molar-refractivity contribution is 0.946. The number of nitrogens with two attached hydrogens (primary N) is 1. The van der Waals surface area contributed by atoms with Crippen molar-refractivity contribution in [1.82, 2.24) is 19.6 Å². The van der Waals surface area contributed by atoms with Crippen molar-refractivity contribution in [2.45, 2.75) is 13.3 Å². The van der Waals surface area contributed by atoms with Crippen molar-refractivity contribution in [3.8, 4) is 22.4 Å². The lowest BCUT2D eigenvalue weighted by Crippen LogP contribution is -1.94. The number of nitrogen functional groups attached to an aromatic ring is 1. The summed E-state index contributed by atoms with van der Waals surface area (Å²) < 4.78 is 1.74. The van der Waals surface area contributed by atoms with Gasteiger partial charge in [0.2, 0.25) is 0 Å². The second-order valence-corrected chi connectivity index (χ2v) is 5.60. The molecule has 3 heterocycles. The van der Waals surface area contributed by atoms with Gasteiger partial charge in [-0.3, -0.25) is 4.98 Å². The highest BCUT2D eigenvalue weighted by Gasteiger charge is 2.15. The van der Waals surface area contributed by atoms with Crippen LogP contribution in [0.2, 0.25) is 0 Å². The Bertz CT molecular complexity index is 1000. The molecule has 4 rings (SSSR count). The van der Waals surface area contributed by atoms with E-state index in [4.69, 9.17) is 5.73 Å². The smallest absolute Gasteiger partial charge is 0.166 e. The summed E-state index contributed by atoms with van der Waals surface area (Å²) in [5.41, 5.74) is 11.9. The normalized spacial score (nSPS) is 11.0. The van der Waals surface area contributed by atoms with Gasteiger partial charge in [0.25, 0.3) is 0 Å². The molecule has 0 aliphatic rings. The van der Waals surface area contributed by atoms with Crippen LogP contribution >= 0.6 is 0 Å². The van der Waals surface area contributed by atoms with E-state index >= 15 is 0 Å². The fourth-order valence-electron chi connectivity index (χ4n) is 2.96. The van der Waals surface area contributed by atoms with Crippen LogP contribution in [0, 0.1) is 0 Å². The van der Waals surface area contributed by atoms with Crippen molar-refractivity contribution in [2.75, 3.05) is 5.73 Å². The van der Waals surface area contributed by atoms with E-state index in [-0.39, 0.29) is 0 Å². The van der Waals surface area contributed by atoms with Crippen molar-refractivity contribution >= 4 is 11.5 Å². The molecule has 0 spiro atoms. The van der Waals surface area contributed by atoms with Gasteiger partial charge in [-0.05, 0) is 29.7 Å². The van der Waals surface area contributed by atoms with E-state index in [0.717, 1.165) is 23.2 Å². The minimum absolute atomic E-state index is 0.433.